The predicted molar refractivity (Wildman–Crippen MR) is 109 cm³/mol. The molecule has 1 amide bonds. The third-order valence-corrected chi connectivity index (χ3v) is 5.46. The van der Waals surface area contributed by atoms with E-state index in [0.29, 0.717) is 17.7 Å². The van der Waals surface area contributed by atoms with Gasteiger partial charge in [-0.25, -0.2) is 0 Å². The Balaban J connectivity index is 1.77. The number of nitrogens with zero attached hydrogens (tertiary/aromatic N) is 2. The summed E-state index contributed by atoms with van der Waals surface area (Å²) in [6, 6.07) is 20.7. The van der Waals surface area contributed by atoms with Gasteiger partial charge in [-0.15, -0.1) is 0 Å². The third-order valence-electron chi connectivity index (χ3n) is 4.31. The summed E-state index contributed by atoms with van der Waals surface area (Å²) in [6.07, 6.45) is 1.63. The SMILES string of the molecule is CN(C)[C@H](CNC(=O)c1ccccc1Sc1ccccc1C#N)c1ccco1. The van der Waals surface area contributed by atoms with Gasteiger partial charge in [0, 0.05) is 16.3 Å². The number of amides is 1. The van der Waals surface area contributed by atoms with E-state index in [-0.39, 0.29) is 11.9 Å². The lowest BCUT2D eigenvalue weighted by molar-refractivity contribution is 0.0936. The molecule has 1 atom stereocenters. The lowest BCUT2D eigenvalue weighted by Gasteiger charge is -2.22. The van der Waals surface area contributed by atoms with Crippen molar-refractivity contribution >= 4 is 17.7 Å². The summed E-state index contributed by atoms with van der Waals surface area (Å²) < 4.78 is 5.50. The zero-order valence-corrected chi connectivity index (χ0v) is 16.6. The molecule has 0 bridgehead atoms. The minimum absolute atomic E-state index is 0.0573. The molecule has 0 aliphatic heterocycles. The van der Waals surface area contributed by atoms with Gasteiger partial charge in [0.05, 0.1) is 23.4 Å². The Bertz CT molecular complexity index is 977. The maximum atomic E-state index is 12.9. The topological polar surface area (TPSA) is 69.3 Å². The fourth-order valence-electron chi connectivity index (χ4n) is 2.81. The summed E-state index contributed by atoms with van der Waals surface area (Å²) in [5, 5.41) is 12.3. The van der Waals surface area contributed by atoms with Gasteiger partial charge in [-0.2, -0.15) is 5.26 Å². The van der Waals surface area contributed by atoms with Crippen molar-refractivity contribution in [3.05, 3.63) is 83.8 Å². The van der Waals surface area contributed by atoms with Crippen LogP contribution in [0.3, 0.4) is 0 Å². The first-order chi connectivity index (χ1) is 13.6. The molecule has 0 aliphatic carbocycles. The van der Waals surface area contributed by atoms with Gasteiger partial charge < -0.3 is 9.73 Å². The summed E-state index contributed by atoms with van der Waals surface area (Å²) in [6.45, 7) is 0.424. The first kappa shape index (κ1) is 19.7. The maximum Gasteiger partial charge on any atom is 0.252 e. The van der Waals surface area contributed by atoms with Crippen LogP contribution >= 0.6 is 11.8 Å². The molecule has 5 nitrogen and oxygen atoms in total. The van der Waals surface area contributed by atoms with E-state index < -0.39 is 0 Å². The van der Waals surface area contributed by atoms with Crippen LogP contribution in [0.5, 0.6) is 0 Å². The predicted octanol–water partition coefficient (Wildman–Crippen LogP) is 4.34. The average molecular weight is 391 g/mol. The highest BCUT2D eigenvalue weighted by atomic mass is 32.2. The number of nitrogens with one attached hydrogen (secondary N) is 1. The second-order valence-electron chi connectivity index (χ2n) is 6.41. The first-order valence-electron chi connectivity index (χ1n) is 8.84. The van der Waals surface area contributed by atoms with Crippen LogP contribution in [-0.4, -0.2) is 31.4 Å². The van der Waals surface area contributed by atoms with Crippen LogP contribution in [0.1, 0.15) is 27.7 Å². The van der Waals surface area contributed by atoms with Crippen molar-refractivity contribution in [3.63, 3.8) is 0 Å². The number of likely N-dealkylation sites (N-methyl/N-ethyl adjacent to an activating group) is 1. The molecule has 3 aromatic rings. The number of nitriles is 1. The van der Waals surface area contributed by atoms with Crippen molar-refractivity contribution in [2.24, 2.45) is 0 Å². The summed E-state index contributed by atoms with van der Waals surface area (Å²) >= 11 is 1.42. The molecule has 0 unspecified atom stereocenters. The van der Waals surface area contributed by atoms with Crippen LogP contribution in [0.4, 0.5) is 0 Å². The number of benzene rings is 2. The molecule has 28 heavy (non-hydrogen) atoms. The van der Waals surface area contributed by atoms with Gasteiger partial charge in [-0.1, -0.05) is 36.0 Å². The van der Waals surface area contributed by atoms with Crippen LogP contribution in [0, 0.1) is 11.3 Å². The summed E-state index contributed by atoms with van der Waals surface area (Å²) in [4.78, 5) is 16.5. The van der Waals surface area contributed by atoms with Crippen molar-refractivity contribution in [2.75, 3.05) is 20.6 Å². The molecule has 142 valence electrons. The van der Waals surface area contributed by atoms with Crippen molar-refractivity contribution in [3.8, 4) is 6.07 Å². The van der Waals surface area contributed by atoms with Gasteiger partial charge in [-0.05, 0) is 50.5 Å². The van der Waals surface area contributed by atoms with Crippen LogP contribution in [0.15, 0.2) is 81.1 Å². The van der Waals surface area contributed by atoms with E-state index in [0.717, 1.165) is 15.6 Å². The van der Waals surface area contributed by atoms with Crippen molar-refractivity contribution < 1.29 is 9.21 Å². The minimum Gasteiger partial charge on any atom is -0.468 e. The molecular weight excluding hydrogens is 370 g/mol. The Kier molecular flexibility index (Phi) is 6.53. The Hall–Kier alpha value is -3.01. The number of hydrogen-bond acceptors (Lipinski definition) is 5. The van der Waals surface area contributed by atoms with Gasteiger partial charge in [-0.3, -0.25) is 9.69 Å². The minimum atomic E-state index is -0.157. The van der Waals surface area contributed by atoms with Gasteiger partial charge >= 0.3 is 0 Å². The number of hydrogen-bond donors (Lipinski definition) is 1. The second kappa shape index (κ2) is 9.27. The molecule has 1 heterocycles. The van der Waals surface area contributed by atoms with Gasteiger partial charge in [0.15, 0.2) is 0 Å². The summed E-state index contributed by atoms with van der Waals surface area (Å²) in [7, 11) is 3.89. The van der Waals surface area contributed by atoms with Gasteiger partial charge in [0.2, 0.25) is 0 Å². The summed E-state index contributed by atoms with van der Waals surface area (Å²) in [5.74, 6) is 0.645. The van der Waals surface area contributed by atoms with E-state index >= 15 is 0 Å². The van der Waals surface area contributed by atoms with Crippen LogP contribution in [0.25, 0.3) is 0 Å². The largest absolute Gasteiger partial charge is 0.468 e. The Morgan fingerprint density at radius 1 is 1.11 bits per heavy atom. The standard InChI is InChI=1S/C22H21N3O2S/c1-25(2)18(19-10-7-13-27-19)15-24-22(26)17-9-4-6-12-21(17)28-20-11-5-3-8-16(20)14-23/h3-13,18H,15H2,1-2H3,(H,24,26)/t18-/m1/s1. The van der Waals surface area contributed by atoms with E-state index in [2.05, 4.69) is 11.4 Å². The zero-order chi connectivity index (χ0) is 19.9. The number of rotatable bonds is 7. The molecule has 0 radical (unpaired) electrons. The van der Waals surface area contributed by atoms with E-state index in [1.54, 1.807) is 18.4 Å². The molecule has 0 aliphatic rings. The summed E-state index contributed by atoms with van der Waals surface area (Å²) in [5.41, 5.74) is 1.17. The lowest BCUT2D eigenvalue weighted by Crippen LogP contribution is -2.34. The maximum absolute atomic E-state index is 12.9. The lowest BCUT2D eigenvalue weighted by atomic mass is 10.1. The van der Waals surface area contributed by atoms with E-state index in [4.69, 9.17) is 4.42 Å². The Morgan fingerprint density at radius 2 is 1.82 bits per heavy atom. The van der Waals surface area contributed by atoms with E-state index in [1.165, 1.54) is 11.8 Å². The molecule has 0 spiro atoms. The van der Waals surface area contributed by atoms with Crippen LogP contribution < -0.4 is 5.32 Å². The highest BCUT2D eigenvalue weighted by Gasteiger charge is 2.19. The number of carbonyl (C=O) groups excluding carboxylic acids is 1. The van der Waals surface area contributed by atoms with E-state index in [9.17, 15) is 10.1 Å². The third kappa shape index (κ3) is 4.63. The molecule has 2 aromatic carbocycles. The van der Waals surface area contributed by atoms with Crippen molar-refractivity contribution in [1.82, 2.24) is 10.2 Å². The fourth-order valence-corrected chi connectivity index (χ4v) is 3.84. The number of carbonyl (C=O) groups is 1. The molecule has 0 fully saturated rings. The Morgan fingerprint density at radius 3 is 2.50 bits per heavy atom. The molecule has 0 saturated carbocycles. The first-order valence-corrected chi connectivity index (χ1v) is 9.66. The second-order valence-corrected chi connectivity index (χ2v) is 7.49. The Labute approximate surface area is 169 Å². The quantitative estimate of drug-likeness (QED) is 0.649. The van der Waals surface area contributed by atoms with Crippen molar-refractivity contribution in [1.29, 1.82) is 5.26 Å². The highest BCUT2D eigenvalue weighted by Crippen LogP contribution is 2.32. The molecule has 0 saturated heterocycles. The smallest absolute Gasteiger partial charge is 0.252 e. The molecule has 1 aromatic heterocycles. The molecule has 1 N–H and O–H groups in total. The zero-order valence-electron chi connectivity index (χ0n) is 15.8. The molecule has 3 rings (SSSR count). The fraction of sp³-hybridized carbons (Fsp3) is 0.182. The van der Waals surface area contributed by atoms with Gasteiger partial charge in [0.1, 0.15) is 11.8 Å². The molecule has 6 heteroatoms. The normalized spacial score (nSPS) is 11.8. The van der Waals surface area contributed by atoms with Gasteiger partial charge in [0.25, 0.3) is 5.91 Å². The highest BCUT2D eigenvalue weighted by molar-refractivity contribution is 7.99. The van der Waals surface area contributed by atoms with Crippen molar-refractivity contribution in [2.45, 2.75) is 15.8 Å². The van der Waals surface area contributed by atoms with Crippen LogP contribution in [-0.2, 0) is 0 Å². The monoisotopic (exact) mass is 391 g/mol. The van der Waals surface area contributed by atoms with Crippen LogP contribution in [0.2, 0.25) is 0 Å². The molecular formula is C22H21N3O2S. The number of furan rings is 1. The average Bonchev–Trinajstić information content (AvgIpc) is 3.23. The van der Waals surface area contributed by atoms with E-state index in [1.807, 2.05) is 67.5 Å².